The first-order chi connectivity index (χ1) is 12.6. The van der Waals surface area contributed by atoms with Gasteiger partial charge in [-0.05, 0) is 30.2 Å². The fraction of sp³-hybridized carbons (Fsp3) is 0.421. The number of hydrogen-bond donors (Lipinski definition) is 2. The van der Waals surface area contributed by atoms with Gasteiger partial charge in [0.1, 0.15) is 0 Å². The van der Waals surface area contributed by atoms with Crippen LogP contribution in [0, 0.1) is 5.41 Å². The Morgan fingerprint density at radius 1 is 1.22 bits per heavy atom. The third-order valence-corrected chi connectivity index (χ3v) is 5.24. The normalized spacial score (nSPS) is 11.3. The van der Waals surface area contributed by atoms with Crippen LogP contribution in [0.15, 0.2) is 24.4 Å². The second-order valence-corrected chi connectivity index (χ2v) is 9.16. The minimum Gasteiger partial charge on any atom is -0.356 e. The van der Waals surface area contributed by atoms with Gasteiger partial charge in [0.2, 0.25) is 11.8 Å². The lowest BCUT2D eigenvalue weighted by atomic mass is 9.96. The van der Waals surface area contributed by atoms with Crippen LogP contribution in [-0.2, 0) is 16.0 Å². The first-order valence-electron chi connectivity index (χ1n) is 8.62. The lowest BCUT2D eigenvalue weighted by Crippen LogP contribution is -2.35. The summed E-state index contributed by atoms with van der Waals surface area (Å²) >= 11 is 13.6. The molecule has 0 fully saturated rings. The summed E-state index contributed by atoms with van der Waals surface area (Å²) in [5, 5.41) is 7.44. The lowest BCUT2D eigenvalue weighted by Gasteiger charge is -2.17. The third-order valence-electron chi connectivity index (χ3n) is 3.72. The van der Waals surface area contributed by atoms with Crippen molar-refractivity contribution in [3.63, 3.8) is 0 Å². The first kappa shape index (κ1) is 21.7. The molecule has 0 aliphatic carbocycles. The monoisotopic (exact) mass is 427 g/mol. The Bertz CT molecular complexity index is 816. The highest BCUT2D eigenvalue weighted by molar-refractivity contribution is 7.15. The zero-order chi connectivity index (χ0) is 20.0. The van der Waals surface area contributed by atoms with Crippen molar-refractivity contribution < 1.29 is 9.59 Å². The Kier molecular flexibility index (Phi) is 7.65. The number of nitrogens with zero attached hydrogens (tertiary/aromatic N) is 1. The van der Waals surface area contributed by atoms with Gasteiger partial charge in [0.15, 0.2) is 5.13 Å². The molecule has 1 aromatic heterocycles. The molecule has 0 aliphatic rings. The highest BCUT2D eigenvalue weighted by atomic mass is 35.5. The molecule has 0 atom stereocenters. The maximum Gasteiger partial charge on any atom is 0.226 e. The molecular weight excluding hydrogens is 405 g/mol. The minimum atomic E-state index is -0.425. The summed E-state index contributed by atoms with van der Waals surface area (Å²) in [6.07, 6.45) is 3.22. The SMILES string of the molecule is CC(C)(C)C(=O)NCCCC(=O)Nc1ncc(Cc2cc(Cl)ccc2Cl)s1. The number of nitrogens with one attached hydrogen (secondary N) is 2. The standard InChI is InChI=1S/C19H23Cl2N3O2S/c1-19(2,3)17(26)22-8-4-5-16(25)24-18-23-11-14(27-18)10-12-9-13(20)6-7-15(12)21/h6-7,9,11H,4-5,8,10H2,1-3H3,(H,22,26)(H,23,24,25). The van der Waals surface area contributed by atoms with Gasteiger partial charge in [-0.2, -0.15) is 0 Å². The summed E-state index contributed by atoms with van der Waals surface area (Å²) in [6, 6.07) is 5.34. The summed E-state index contributed by atoms with van der Waals surface area (Å²) in [4.78, 5) is 29.0. The maximum atomic E-state index is 12.0. The van der Waals surface area contributed by atoms with Crippen molar-refractivity contribution in [2.75, 3.05) is 11.9 Å². The quantitative estimate of drug-likeness (QED) is 0.615. The highest BCUT2D eigenvalue weighted by Gasteiger charge is 2.20. The number of anilines is 1. The number of carbonyl (C=O) groups excluding carboxylic acids is 2. The van der Waals surface area contributed by atoms with Gasteiger partial charge in [0.25, 0.3) is 0 Å². The summed E-state index contributed by atoms with van der Waals surface area (Å²) in [5.74, 6) is -0.145. The smallest absolute Gasteiger partial charge is 0.226 e. The number of amides is 2. The van der Waals surface area contributed by atoms with Gasteiger partial charge >= 0.3 is 0 Å². The van der Waals surface area contributed by atoms with E-state index in [1.165, 1.54) is 11.3 Å². The summed E-state index contributed by atoms with van der Waals surface area (Å²) in [6.45, 7) is 6.03. The number of rotatable bonds is 7. The Labute approximate surface area is 173 Å². The molecule has 8 heteroatoms. The molecule has 2 N–H and O–H groups in total. The van der Waals surface area contributed by atoms with Gasteiger partial charge in [-0.15, -0.1) is 11.3 Å². The predicted octanol–water partition coefficient (Wildman–Crippen LogP) is 4.92. The van der Waals surface area contributed by atoms with Gasteiger partial charge in [0, 0.05) is 45.9 Å². The largest absolute Gasteiger partial charge is 0.356 e. The van der Waals surface area contributed by atoms with Crippen LogP contribution in [0.5, 0.6) is 0 Å². The van der Waals surface area contributed by atoms with Crippen molar-refractivity contribution >= 4 is 51.5 Å². The molecule has 1 aromatic carbocycles. The molecule has 146 valence electrons. The van der Waals surface area contributed by atoms with E-state index in [4.69, 9.17) is 23.2 Å². The molecule has 2 aromatic rings. The molecular formula is C19H23Cl2N3O2S. The van der Waals surface area contributed by atoms with E-state index in [9.17, 15) is 9.59 Å². The number of thiazole rings is 1. The van der Waals surface area contributed by atoms with Crippen LogP contribution in [-0.4, -0.2) is 23.3 Å². The van der Waals surface area contributed by atoms with Gasteiger partial charge in [-0.1, -0.05) is 44.0 Å². The Balaban J connectivity index is 1.79. The number of carbonyl (C=O) groups is 2. The summed E-state index contributed by atoms with van der Waals surface area (Å²) in [5.41, 5.74) is 0.492. The van der Waals surface area contributed by atoms with Crippen molar-refractivity contribution in [2.24, 2.45) is 5.41 Å². The summed E-state index contributed by atoms with van der Waals surface area (Å²) < 4.78 is 0. The average Bonchev–Trinajstić information content (AvgIpc) is 3.00. The zero-order valence-corrected chi connectivity index (χ0v) is 17.9. The topological polar surface area (TPSA) is 71.1 Å². The molecule has 1 heterocycles. The Hall–Kier alpha value is -1.63. The average molecular weight is 428 g/mol. The van der Waals surface area contributed by atoms with Crippen molar-refractivity contribution in [1.82, 2.24) is 10.3 Å². The summed E-state index contributed by atoms with van der Waals surface area (Å²) in [7, 11) is 0. The second-order valence-electron chi connectivity index (χ2n) is 7.20. The highest BCUT2D eigenvalue weighted by Crippen LogP contribution is 2.27. The Morgan fingerprint density at radius 3 is 2.67 bits per heavy atom. The number of halogens is 2. The third kappa shape index (κ3) is 7.13. The first-order valence-corrected chi connectivity index (χ1v) is 10.2. The van der Waals surface area contributed by atoms with Crippen LogP contribution in [0.3, 0.4) is 0 Å². The van der Waals surface area contributed by atoms with E-state index in [-0.39, 0.29) is 11.8 Å². The fourth-order valence-electron chi connectivity index (χ4n) is 2.21. The molecule has 0 radical (unpaired) electrons. The minimum absolute atomic E-state index is 0.0212. The van der Waals surface area contributed by atoms with Crippen LogP contribution >= 0.6 is 34.5 Å². The van der Waals surface area contributed by atoms with E-state index in [0.717, 1.165) is 10.4 Å². The molecule has 0 aliphatic heterocycles. The molecule has 0 unspecified atom stereocenters. The Morgan fingerprint density at radius 2 is 1.96 bits per heavy atom. The van der Waals surface area contributed by atoms with Crippen molar-refractivity contribution in [2.45, 2.75) is 40.0 Å². The fourth-order valence-corrected chi connectivity index (χ4v) is 3.44. The number of benzene rings is 1. The van der Waals surface area contributed by atoms with E-state index in [0.29, 0.717) is 41.0 Å². The molecule has 0 saturated carbocycles. The number of hydrogen-bond acceptors (Lipinski definition) is 4. The molecule has 27 heavy (non-hydrogen) atoms. The van der Waals surface area contributed by atoms with E-state index in [1.807, 2.05) is 26.8 Å². The van der Waals surface area contributed by atoms with E-state index in [1.54, 1.807) is 18.3 Å². The van der Waals surface area contributed by atoms with Gasteiger partial charge < -0.3 is 10.6 Å². The van der Waals surface area contributed by atoms with Crippen LogP contribution in [0.25, 0.3) is 0 Å². The molecule has 0 bridgehead atoms. The van der Waals surface area contributed by atoms with E-state index < -0.39 is 5.41 Å². The number of aromatic nitrogens is 1. The van der Waals surface area contributed by atoms with Crippen LogP contribution in [0.2, 0.25) is 10.0 Å². The van der Waals surface area contributed by atoms with Crippen LogP contribution in [0.4, 0.5) is 5.13 Å². The van der Waals surface area contributed by atoms with Gasteiger partial charge in [-0.25, -0.2) is 4.98 Å². The predicted molar refractivity (Wildman–Crippen MR) is 112 cm³/mol. The molecule has 5 nitrogen and oxygen atoms in total. The zero-order valence-electron chi connectivity index (χ0n) is 15.6. The molecule has 0 saturated heterocycles. The van der Waals surface area contributed by atoms with E-state index in [2.05, 4.69) is 15.6 Å². The maximum absolute atomic E-state index is 12.0. The lowest BCUT2D eigenvalue weighted by molar-refractivity contribution is -0.128. The van der Waals surface area contributed by atoms with Gasteiger partial charge in [0.05, 0.1) is 0 Å². The molecule has 2 rings (SSSR count). The van der Waals surface area contributed by atoms with Crippen LogP contribution < -0.4 is 10.6 Å². The van der Waals surface area contributed by atoms with Crippen molar-refractivity contribution in [3.8, 4) is 0 Å². The van der Waals surface area contributed by atoms with Crippen molar-refractivity contribution in [3.05, 3.63) is 44.9 Å². The second kappa shape index (κ2) is 9.53. The van der Waals surface area contributed by atoms with Gasteiger partial charge in [-0.3, -0.25) is 9.59 Å². The van der Waals surface area contributed by atoms with Crippen molar-refractivity contribution in [1.29, 1.82) is 0 Å². The van der Waals surface area contributed by atoms with Crippen LogP contribution in [0.1, 0.15) is 44.1 Å². The molecule has 2 amide bonds. The van der Waals surface area contributed by atoms with E-state index >= 15 is 0 Å². The molecule has 0 spiro atoms.